The van der Waals surface area contributed by atoms with Crippen molar-refractivity contribution >= 4 is 24.0 Å². The third kappa shape index (κ3) is 9.90. The molecule has 0 spiro atoms. The van der Waals surface area contributed by atoms with Gasteiger partial charge in [0.25, 0.3) is 0 Å². The number of alkyl halides is 2. The van der Waals surface area contributed by atoms with E-state index in [4.69, 9.17) is 9.47 Å². The van der Waals surface area contributed by atoms with Crippen LogP contribution in [-0.2, 0) is 23.8 Å². The molecule has 5 atom stereocenters. The van der Waals surface area contributed by atoms with Crippen LogP contribution in [0.5, 0.6) is 0 Å². The summed E-state index contributed by atoms with van der Waals surface area (Å²) in [6.07, 6.45) is 3.98. The van der Waals surface area contributed by atoms with Crippen LogP contribution in [0, 0.1) is 17.8 Å². The minimum atomic E-state index is -2.93. The minimum Gasteiger partial charge on any atom is -0.453 e. The number of imidazole rings is 2. The summed E-state index contributed by atoms with van der Waals surface area (Å²) in [6.45, 7) is 4.93. The van der Waals surface area contributed by atoms with Gasteiger partial charge in [-0.25, -0.2) is 19.6 Å². The molecular formula is C42H52F2N8O7. The number of nitrogens with one attached hydrogen (secondary N) is 4. The van der Waals surface area contributed by atoms with E-state index >= 15 is 0 Å². The molecule has 59 heavy (non-hydrogen) atoms. The summed E-state index contributed by atoms with van der Waals surface area (Å²) >= 11 is 0. The number of aromatic amines is 2. The van der Waals surface area contributed by atoms with Gasteiger partial charge in [-0.1, -0.05) is 76.2 Å². The van der Waals surface area contributed by atoms with Crippen molar-refractivity contribution in [2.45, 2.75) is 77.7 Å². The summed E-state index contributed by atoms with van der Waals surface area (Å²) in [4.78, 5) is 70.7. The number of H-pyrrole nitrogens is 2. The van der Waals surface area contributed by atoms with Crippen molar-refractivity contribution < 1.29 is 42.2 Å². The first-order valence-corrected chi connectivity index (χ1v) is 19.8. The van der Waals surface area contributed by atoms with Gasteiger partial charge in [-0.2, -0.15) is 8.78 Å². The number of hydrogen-bond acceptors (Lipinski definition) is 9. The lowest BCUT2D eigenvalue weighted by Crippen LogP contribution is -2.51. The fourth-order valence-corrected chi connectivity index (χ4v) is 7.82. The number of benzene rings is 2. The van der Waals surface area contributed by atoms with E-state index in [1.807, 2.05) is 62.4 Å². The Morgan fingerprint density at radius 2 is 1.19 bits per heavy atom. The number of methoxy groups -OCH3 is 2. The highest BCUT2D eigenvalue weighted by Crippen LogP contribution is 2.37. The average molecular weight is 819 g/mol. The third-order valence-corrected chi connectivity index (χ3v) is 11.0. The maximum Gasteiger partial charge on any atom is 0.407 e. The summed E-state index contributed by atoms with van der Waals surface area (Å²) in [5.74, 6) is -0.108. The maximum absolute atomic E-state index is 13.8. The first-order valence-electron chi connectivity index (χ1n) is 19.8. The van der Waals surface area contributed by atoms with Crippen LogP contribution in [0.15, 0.2) is 60.9 Å². The van der Waals surface area contributed by atoms with E-state index in [2.05, 4.69) is 35.3 Å². The lowest BCUT2D eigenvalue weighted by Gasteiger charge is -2.30. The number of rotatable bonds is 14. The zero-order chi connectivity index (χ0) is 42.4. The number of nitrogens with zero attached hydrogens (tertiary/aromatic N) is 4. The third-order valence-electron chi connectivity index (χ3n) is 11.0. The van der Waals surface area contributed by atoms with Crippen LogP contribution >= 0.6 is 0 Å². The van der Waals surface area contributed by atoms with Crippen molar-refractivity contribution in [3.8, 4) is 33.6 Å². The van der Waals surface area contributed by atoms with Gasteiger partial charge in [-0.3, -0.25) is 9.59 Å². The number of carbonyl (C=O) groups is 4. The van der Waals surface area contributed by atoms with E-state index in [0.717, 1.165) is 40.8 Å². The molecule has 4 aromatic rings. The van der Waals surface area contributed by atoms with Gasteiger partial charge >= 0.3 is 18.8 Å². The van der Waals surface area contributed by atoms with Crippen molar-refractivity contribution in [2.75, 3.05) is 33.9 Å². The van der Waals surface area contributed by atoms with Gasteiger partial charge in [0.15, 0.2) is 0 Å². The molecule has 4 heterocycles. The molecule has 0 radical (unpaired) electrons. The smallest absolute Gasteiger partial charge is 0.407 e. The highest BCUT2D eigenvalue weighted by Gasteiger charge is 2.42. The molecule has 6 rings (SSSR count). The minimum absolute atomic E-state index is 0.128. The van der Waals surface area contributed by atoms with Crippen molar-refractivity contribution in [3.63, 3.8) is 0 Å². The number of amides is 4. The van der Waals surface area contributed by atoms with Gasteiger partial charge in [0, 0.05) is 19.0 Å². The Morgan fingerprint density at radius 1 is 0.729 bits per heavy atom. The average Bonchev–Trinajstić information content (AvgIpc) is 4.07. The quantitative estimate of drug-likeness (QED) is 0.108. The first-order chi connectivity index (χ1) is 28.3. The number of hydrogen-bond donors (Lipinski definition) is 4. The van der Waals surface area contributed by atoms with Gasteiger partial charge in [-0.05, 0) is 53.4 Å². The number of likely N-dealkylation sites (tertiary alicyclic amines) is 2. The summed E-state index contributed by atoms with van der Waals surface area (Å²) in [7, 11) is 2.49. The Hall–Kier alpha value is -5.84. The van der Waals surface area contributed by atoms with Gasteiger partial charge < -0.3 is 44.6 Å². The number of aromatic nitrogens is 4. The van der Waals surface area contributed by atoms with Gasteiger partial charge in [0.05, 0.1) is 56.7 Å². The van der Waals surface area contributed by atoms with E-state index < -0.39 is 36.9 Å². The fourth-order valence-electron chi connectivity index (χ4n) is 7.82. The topological polar surface area (TPSA) is 184 Å². The number of halogens is 2. The molecule has 0 unspecified atom stereocenters. The van der Waals surface area contributed by atoms with E-state index in [-0.39, 0.29) is 48.8 Å². The Kier molecular flexibility index (Phi) is 13.6. The van der Waals surface area contributed by atoms with Crippen molar-refractivity contribution in [1.82, 2.24) is 40.4 Å². The number of alkyl carbamates (subject to hydrolysis) is 2. The second-order valence-electron chi connectivity index (χ2n) is 15.6. The molecule has 2 aliphatic rings. The summed E-state index contributed by atoms with van der Waals surface area (Å²) in [6, 6.07) is 13.6. The molecule has 2 fully saturated rings. The van der Waals surface area contributed by atoms with Crippen LogP contribution in [0.4, 0.5) is 18.4 Å². The SMILES string of the molecule is COC(=O)N[C@H](C(=O)N1CCC[C@H]1c1ncc(-c2ccc(-c3ccc(-c4cnc([C@@H]5C[C@@H](COC(F)F)CN5C(=O)[C@@H](NC(=O)OC)C(C)C)[nH]4)cc3)cc2)[nH]1)C(C)C. The molecule has 0 bridgehead atoms. The van der Waals surface area contributed by atoms with Crippen LogP contribution in [0.3, 0.4) is 0 Å². The van der Waals surface area contributed by atoms with Crippen LogP contribution in [0.1, 0.15) is 70.7 Å². The monoisotopic (exact) mass is 818 g/mol. The molecule has 0 saturated carbocycles. The molecule has 0 aliphatic carbocycles. The molecule has 17 heteroatoms. The van der Waals surface area contributed by atoms with Crippen molar-refractivity contribution in [2.24, 2.45) is 17.8 Å². The molecular weight excluding hydrogens is 767 g/mol. The van der Waals surface area contributed by atoms with Crippen LogP contribution < -0.4 is 10.6 Å². The first kappa shape index (κ1) is 42.8. The summed E-state index contributed by atoms with van der Waals surface area (Å²) in [5, 5.41) is 5.28. The molecule has 316 valence electrons. The lowest BCUT2D eigenvalue weighted by atomic mass is 10.0. The molecule has 2 saturated heterocycles. The van der Waals surface area contributed by atoms with E-state index in [1.165, 1.54) is 14.2 Å². The highest BCUT2D eigenvalue weighted by molar-refractivity contribution is 5.87. The fraction of sp³-hybridized carbons (Fsp3) is 0.476. The lowest BCUT2D eigenvalue weighted by molar-refractivity contribution is -0.139. The predicted molar refractivity (Wildman–Crippen MR) is 214 cm³/mol. The highest BCUT2D eigenvalue weighted by atomic mass is 19.3. The molecule has 4 amide bonds. The maximum atomic E-state index is 13.8. The van der Waals surface area contributed by atoms with Crippen LogP contribution in [0.25, 0.3) is 33.6 Å². The van der Waals surface area contributed by atoms with Crippen molar-refractivity contribution in [3.05, 3.63) is 72.6 Å². The van der Waals surface area contributed by atoms with E-state index in [0.29, 0.717) is 30.3 Å². The van der Waals surface area contributed by atoms with E-state index in [1.54, 1.807) is 36.0 Å². The standard InChI is InChI=1S/C42H52F2N8O7/c1-23(2)34(49-41(55)57-5)38(53)51-17-7-8-32(51)36-45-19-30(47-36)28-13-9-26(10-14-28)27-11-15-29(16-12-27)31-20-46-37(48-31)33-18-25(22-59-40(43)44)21-52(33)39(54)35(24(3)4)50-42(56)58-6/h9-16,19-20,23-25,32-35,40H,7-8,17-18,21-22H2,1-6H3,(H,45,47)(H,46,48)(H,49,55)(H,50,56)/t25-,32+,33+,34+,35+/m1/s1. The Balaban J connectivity index is 1.13. The zero-order valence-corrected chi connectivity index (χ0v) is 34.0. The van der Waals surface area contributed by atoms with Gasteiger partial charge in [0.1, 0.15) is 23.7 Å². The van der Waals surface area contributed by atoms with Gasteiger partial charge in [0.2, 0.25) is 11.8 Å². The van der Waals surface area contributed by atoms with Crippen molar-refractivity contribution in [1.29, 1.82) is 0 Å². The second kappa shape index (κ2) is 18.8. The second-order valence-corrected chi connectivity index (χ2v) is 15.6. The largest absolute Gasteiger partial charge is 0.453 e. The molecule has 2 aliphatic heterocycles. The predicted octanol–water partition coefficient (Wildman–Crippen LogP) is 6.69. The summed E-state index contributed by atoms with van der Waals surface area (Å²) in [5.41, 5.74) is 5.30. The Morgan fingerprint density at radius 3 is 1.64 bits per heavy atom. The van der Waals surface area contributed by atoms with Crippen LogP contribution in [-0.4, -0.2) is 106 Å². The summed E-state index contributed by atoms with van der Waals surface area (Å²) < 4.78 is 40.0. The van der Waals surface area contributed by atoms with Gasteiger partial charge in [-0.15, -0.1) is 0 Å². The Bertz CT molecular complexity index is 2070. The molecule has 2 aromatic heterocycles. The van der Waals surface area contributed by atoms with E-state index in [9.17, 15) is 28.0 Å². The number of ether oxygens (including phenoxy) is 3. The Labute approximate surface area is 341 Å². The number of carbonyl (C=O) groups excluding carboxylic acids is 4. The molecule has 4 N–H and O–H groups in total. The molecule has 15 nitrogen and oxygen atoms in total. The zero-order valence-electron chi connectivity index (χ0n) is 34.0. The van der Waals surface area contributed by atoms with Crippen LogP contribution in [0.2, 0.25) is 0 Å². The normalized spacial score (nSPS) is 19.0. The molecule has 2 aromatic carbocycles.